The molecule has 2 heterocycles. The third-order valence-corrected chi connectivity index (χ3v) is 2.54. The van der Waals surface area contributed by atoms with Gasteiger partial charge in [-0.1, -0.05) is 0 Å². The summed E-state index contributed by atoms with van der Waals surface area (Å²) < 4.78 is 5.03. The number of thiazole rings is 1. The fourth-order valence-corrected chi connectivity index (χ4v) is 1.64. The van der Waals surface area contributed by atoms with Crippen molar-refractivity contribution in [3.05, 3.63) is 41.3 Å². The lowest BCUT2D eigenvalue weighted by Gasteiger charge is -1.98. The number of nitriles is 1. The zero-order valence-corrected chi connectivity index (χ0v) is 9.40. The van der Waals surface area contributed by atoms with E-state index in [0.29, 0.717) is 10.9 Å². The van der Waals surface area contributed by atoms with Gasteiger partial charge in [-0.15, -0.1) is 11.3 Å². The van der Waals surface area contributed by atoms with Gasteiger partial charge in [-0.2, -0.15) is 5.26 Å². The molecular formula is C11H7N3O2S. The van der Waals surface area contributed by atoms with Crippen molar-refractivity contribution in [2.75, 3.05) is 5.32 Å². The van der Waals surface area contributed by atoms with Gasteiger partial charge in [0.1, 0.15) is 17.4 Å². The summed E-state index contributed by atoms with van der Waals surface area (Å²) in [6, 6.07) is 5.16. The van der Waals surface area contributed by atoms with E-state index >= 15 is 0 Å². The predicted molar refractivity (Wildman–Crippen MR) is 63.0 cm³/mol. The Kier molecular flexibility index (Phi) is 3.33. The second kappa shape index (κ2) is 5.09. The van der Waals surface area contributed by atoms with Gasteiger partial charge in [0, 0.05) is 17.7 Å². The first-order valence-electron chi connectivity index (χ1n) is 4.66. The number of rotatable bonds is 3. The van der Waals surface area contributed by atoms with Gasteiger partial charge in [0.05, 0.1) is 6.26 Å². The molecule has 0 fully saturated rings. The van der Waals surface area contributed by atoms with Crippen molar-refractivity contribution in [1.29, 1.82) is 5.26 Å². The Morgan fingerprint density at radius 1 is 1.65 bits per heavy atom. The van der Waals surface area contributed by atoms with Crippen LogP contribution >= 0.6 is 11.3 Å². The van der Waals surface area contributed by atoms with Gasteiger partial charge in [0.25, 0.3) is 5.91 Å². The lowest BCUT2D eigenvalue weighted by molar-refractivity contribution is -0.112. The number of nitrogens with one attached hydrogen (secondary N) is 1. The molecule has 17 heavy (non-hydrogen) atoms. The van der Waals surface area contributed by atoms with Crippen molar-refractivity contribution in [2.45, 2.75) is 0 Å². The second-order valence-corrected chi connectivity index (χ2v) is 3.87. The maximum atomic E-state index is 11.7. The molecule has 0 aliphatic rings. The van der Waals surface area contributed by atoms with Crippen LogP contribution in [-0.2, 0) is 4.79 Å². The minimum Gasteiger partial charge on any atom is -0.465 e. The van der Waals surface area contributed by atoms with Crippen molar-refractivity contribution in [3.63, 3.8) is 0 Å². The van der Waals surface area contributed by atoms with Crippen molar-refractivity contribution in [2.24, 2.45) is 0 Å². The number of anilines is 1. The highest BCUT2D eigenvalue weighted by Crippen LogP contribution is 2.13. The van der Waals surface area contributed by atoms with Gasteiger partial charge < -0.3 is 4.42 Å². The molecule has 0 aromatic carbocycles. The van der Waals surface area contributed by atoms with Crippen LogP contribution in [0, 0.1) is 11.3 Å². The normalized spacial score (nSPS) is 10.9. The number of aromatic nitrogens is 1. The van der Waals surface area contributed by atoms with Gasteiger partial charge in [-0.05, 0) is 12.1 Å². The van der Waals surface area contributed by atoms with Crippen LogP contribution < -0.4 is 5.32 Å². The average molecular weight is 245 g/mol. The molecule has 2 rings (SSSR count). The largest absolute Gasteiger partial charge is 0.465 e. The minimum atomic E-state index is -0.501. The van der Waals surface area contributed by atoms with Crippen LogP contribution in [-0.4, -0.2) is 10.9 Å². The molecule has 0 atom stereocenters. The number of carbonyl (C=O) groups excluding carboxylic acids is 1. The summed E-state index contributed by atoms with van der Waals surface area (Å²) in [6.07, 6.45) is 4.42. The number of hydrogen-bond donors (Lipinski definition) is 1. The first kappa shape index (κ1) is 11.1. The summed E-state index contributed by atoms with van der Waals surface area (Å²) in [5.41, 5.74) is -0.0323. The molecule has 84 valence electrons. The summed E-state index contributed by atoms with van der Waals surface area (Å²) in [6.45, 7) is 0. The van der Waals surface area contributed by atoms with Gasteiger partial charge in [0.15, 0.2) is 5.13 Å². The van der Waals surface area contributed by atoms with E-state index < -0.39 is 5.91 Å². The van der Waals surface area contributed by atoms with E-state index in [0.717, 1.165) is 0 Å². The highest BCUT2D eigenvalue weighted by atomic mass is 32.1. The molecule has 0 radical (unpaired) electrons. The highest BCUT2D eigenvalue weighted by Gasteiger charge is 2.11. The summed E-state index contributed by atoms with van der Waals surface area (Å²) in [5, 5.41) is 13.6. The van der Waals surface area contributed by atoms with Gasteiger partial charge >= 0.3 is 0 Å². The minimum absolute atomic E-state index is 0.0323. The lowest BCUT2D eigenvalue weighted by Crippen LogP contribution is -2.13. The average Bonchev–Trinajstić information content (AvgIpc) is 2.97. The molecule has 2 aromatic heterocycles. The zero-order chi connectivity index (χ0) is 12.1. The van der Waals surface area contributed by atoms with E-state index in [1.807, 2.05) is 6.07 Å². The van der Waals surface area contributed by atoms with E-state index in [-0.39, 0.29) is 5.57 Å². The first-order valence-corrected chi connectivity index (χ1v) is 5.53. The molecule has 1 N–H and O–H groups in total. The summed E-state index contributed by atoms with van der Waals surface area (Å²) in [7, 11) is 0. The molecule has 0 bridgehead atoms. The maximum Gasteiger partial charge on any atom is 0.268 e. The molecule has 0 aliphatic heterocycles. The van der Waals surface area contributed by atoms with Crippen LogP contribution in [0.15, 0.2) is 40.0 Å². The SMILES string of the molecule is N#CC(=Cc1ccco1)C(=O)Nc1nccs1. The topological polar surface area (TPSA) is 78.9 Å². The summed E-state index contributed by atoms with van der Waals surface area (Å²) >= 11 is 1.28. The quantitative estimate of drug-likeness (QED) is 0.664. The molecular weight excluding hydrogens is 238 g/mol. The van der Waals surface area contributed by atoms with Crippen LogP contribution in [0.25, 0.3) is 6.08 Å². The third-order valence-electron chi connectivity index (χ3n) is 1.85. The fraction of sp³-hybridized carbons (Fsp3) is 0. The maximum absolute atomic E-state index is 11.7. The Hall–Kier alpha value is -2.39. The zero-order valence-electron chi connectivity index (χ0n) is 8.58. The van der Waals surface area contributed by atoms with Gasteiger partial charge in [-0.3, -0.25) is 10.1 Å². The van der Waals surface area contributed by atoms with Crippen LogP contribution in [0.5, 0.6) is 0 Å². The number of amides is 1. The number of nitrogens with zero attached hydrogens (tertiary/aromatic N) is 2. The molecule has 0 spiro atoms. The van der Waals surface area contributed by atoms with E-state index in [9.17, 15) is 4.79 Å². The standard InChI is InChI=1S/C11H7N3O2S/c12-7-8(6-9-2-1-4-16-9)10(15)14-11-13-3-5-17-11/h1-6H,(H,13,14,15). The number of carbonyl (C=O) groups is 1. The lowest BCUT2D eigenvalue weighted by atomic mass is 10.2. The van der Waals surface area contributed by atoms with Crippen LogP contribution in [0.4, 0.5) is 5.13 Å². The van der Waals surface area contributed by atoms with Crippen molar-refractivity contribution in [1.82, 2.24) is 4.98 Å². The molecule has 6 heteroatoms. The van der Waals surface area contributed by atoms with Crippen molar-refractivity contribution >= 4 is 28.5 Å². The smallest absolute Gasteiger partial charge is 0.268 e. The molecule has 0 saturated carbocycles. The van der Waals surface area contributed by atoms with Gasteiger partial charge in [-0.25, -0.2) is 4.98 Å². The fourth-order valence-electron chi connectivity index (χ4n) is 1.11. The molecule has 0 aliphatic carbocycles. The number of hydrogen-bond acceptors (Lipinski definition) is 5. The van der Waals surface area contributed by atoms with E-state index in [2.05, 4.69) is 10.3 Å². The van der Waals surface area contributed by atoms with Crippen LogP contribution in [0.1, 0.15) is 5.76 Å². The van der Waals surface area contributed by atoms with Crippen LogP contribution in [0.2, 0.25) is 0 Å². The molecule has 0 unspecified atom stereocenters. The van der Waals surface area contributed by atoms with Crippen molar-refractivity contribution < 1.29 is 9.21 Å². The van der Waals surface area contributed by atoms with Gasteiger partial charge in [0.2, 0.25) is 0 Å². The molecule has 0 saturated heterocycles. The molecule has 5 nitrogen and oxygen atoms in total. The molecule has 1 amide bonds. The highest BCUT2D eigenvalue weighted by molar-refractivity contribution is 7.13. The first-order chi connectivity index (χ1) is 8.29. The summed E-state index contributed by atoms with van der Waals surface area (Å²) in [5.74, 6) is -0.0466. The van der Waals surface area contributed by atoms with E-state index in [1.165, 1.54) is 23.7 Å². The van der Waals surface area contributed by atoms with Crippen molar-refractivity contribution in [3.8, 4) is 6.07 Å². The summed E-state index contributed by atoms with van der Waals surface area (Å²) in [4.78, 5) is 15.6. The Balaban J connectivity index is 2.14. The Morgan fingerprint density at radius 2 is 2.53 bits per heavy atom. The Bertz CT molecular complexity index is 564. The third kappa shape index (κ3) is 2.80. The van der Waals surface area contributed by atoms with E-state index in [4.69, 9.17) is 9.68 Å². The number of furan rings is 1. The predicted octanol–water partition coefficient (Wildman–Crippen LogP) is 2.28. The second-order valence-electron chi connectivity index (χ2n) is 2.98. The Labute approximate surface area is 101 Å². The molecule has 2 aromatic rings. The van der Waals surface area contributed by atoms with E-state index in [1.54, 1.807) is 23.7 Å². The monoisotopic (exact) mass is 245 g/mol. The van der Waals surface area contributed by atoms with Crippen LogP contribution in [0.3, 0.4) is 0 Å². The Morgan fingerprint density at radius 3 is 3.12 bits per heavy atom.